The molecular weight excluding hydrogens is 190 g/mol. The van der Waals surface area contributed by atoms with Gasteiger partial charge < -0.3 is 10.1 Å². The molecule has 1 heterocycles. The van der Waals surface area contributed by atoms with Crippen molar-refractivity contribution in [3.05, 3.63) is 35.4 Å². The van der Waals surface area contributed by atoms with Crippen molar-refractivity contribution in [3.63, 3.8) is 0 Å². The molecule has 0 aromatic heterocycles. The number of hydrogen-bond donors (Lipinski definition) is 1. The predicted molar refractivity (Wildman–Crippen MR) is 57.5 cm³/mol. The number of ether oxygens (including phenoxy) is 1. The first kappa shape index (κ1) is 10.2. The van der Waals surface area contributed by atoms with Crippen LogP contribution in [0.2, 0.25) is 0 Å². The zero-order chi connectivity index (χ0) is 10.7. The highest BCUT2D eigenvalue weighted by Crippen LogP contribution is 2.29. The van der Waals surface area contributed by atoms with Gasteiger partial charge in [0.1, 0.15) is 0 Å². The fourth-order valence-corrected chi connectivity index (χ4v) is 1.92. The average molecular weight is 205 g/mol. The second kappa shape index (κ2) is 4.45. The van der Waals surface area contributed by atoms with Crippen molar-refractivity contribution in [2.45, 2.75) is 18.9 Å². The van der Waals surface area contributed by atoms with Crippen molar-refractivity contribution < 1.29 is 9.53 Å². The van der Waals surface area contributed by atoms with Gasteiger partial charge in [0.15, 0.2) is 0 Å². The SMILES string of the molecule is CNC(=O)CC1OCCc2ccccc21. The Morgan fingerprint density at radius 2 is 2.33 bits per heavy atom. The zero-order valence-electron chi connectivity index (χ0n) is 8.82. The summed E-state index contributed by atoms with van der Waals surface area (Å²) in [5.41, 5.74) is 2.46. The van der Waals surface area contributed by atoms with E-state index < -0.39 is 0 Å². The van der Waals surface area contributed by atoms with Gasteiger partial charge in [0.2, 0.25) is 5.91 Å². The van der Waals surface area contributed by atoms with E-state index in [1.165, 1.54) is 5.56 Å². The van der Waals surface area contributed by atoms with Gasteiger partial charge in [-0.15, -0.1) is 0 Å². The fraction of sp³-hybridized carbons (Fsp3) is 0.417. The minimum atomic E-state index is -0.0742. The third kappa shape index (κ3) is 2.18. The quantitative estimate of drug-likeness (QED) is 0.793. The van der Waals surface area contributed by atoms with E-state index in [9.17, 15) is 4.79 Å². The number of benzene rings is 1. The summed E-state index contributed by atoms with van der Waals surface area (Å²) in [4.78, 5) is 11.3. The van der Waals surface area contributed by atoms with Crippen molar-refractivity contribution in [2.24, 2.45) is 0 Å². The first-order chi connectivity index (χ1) is 7.31. The van der Waals surface area contributed by atoms with E-state index >= 15 is 0 Å². The molecule has 0 saturated carbocycles. The number of carbonyl (C=O) groups excluding carboxylic acids is 1. The summed E-state index contributed by atoms with van der Waals surface area (Å²) < 4.78 is 5.62. The molecule has 80 valence electrons. The predicted octanol–water partition coefficient (Wildman–Crippen LogP) is 1.44. The highest BCUT2D eigenvalue weighted by atomic mass is 16.5. The summed E-state index contributed by atoms with van der Waals surface area (Å²) in [6.07, 6.45) is 1.28. The molecule has 0 saturated heterocycles. The lowest BCUT2D eigenvalue weighted by molar-refractivity contribution is -0.123. The summed E-state index contributed by atoms with van der Waals surface area (Å²) >= 11 is 0. The molecule has 1 aliphatic rings. The Morgan fingerprint density at radius 1 is 1.53 bits per heavy atom. The van der Waals surface area contributed by atoms with Gasteiger partial charge in [0.05, 0.1) is 19.1 Å². The number of nitrogens with one attached hydrogen (secondary N) is 1. The van der Waals surface area contributed by atoms with E-state index in [2.05, 4.69) is 11.4 Å². The molecule has 0 bridgehead atoms. The van der Waals surface area contributed by atoms with Gasteiger partial charge in [-0.05, 0) is 17.5 Å². The van der Waals surface area contributed by atoms with Gasteiger partial charge in [-0.3, -0.25) is 4.79 Å². The topological polar surface area (TPSA) is 38.3 Å². The van der Waals surface area contributed by atoms with Crippen molar-refractivity contribution in [2.75, 3.05) is 13.7 Å². The Kier molecular flexibility index (Phi) is 3.02. The van der Waals surface area contributed by atoms with Crippen LogP contribution in [0.1, 0.15) is 23.7 Å². The monoisotopic (exact) mass is 205 g/mol. The van der Waals surface area contributed by atoms with Crippen LogP contribution in [0.15, 0.2) is 24.3 Å². The van der Waals surface area contributed by atoms with Crippen LogP contribution in [0.25, 0.3) is 0 Å². The summed E-state index contributed by atoms with van der Waals surface area (Å²) in [6, 6.07) is 8.17. The van der Waals surface area contributed by atoms with Gasteiger partial charge in [-0.2, -0.15) is 0 Å². The molecule has 0 fully saturated rings. The van der Waals surface area contributed by atoms with Crippen LogP contribution in [-0.4, -0.2) is 19.6 Å². The van der Waals surface area contributed by atoms with E-state index in [-0.39, 0.29) is 12.0 Å². The highest BCUT2D eigenvalue weighted by Gasteiger charge is 2.22. The number of rotatable bonds is 2. The summed E-state index contributed by atoms with van der Waals surface area (Å²) in [6.45, 7) is 0.707. The molecule has 0 spiro atoms. The van der Waals surface area contributed by atoms with Crippen LogP contribution in [0, 0.1) is 0 Å². The lowest BCUT2D eigenvalue weighted by Gasteiger charge is -2.25. The maximum absolute atomic E-state index is 11.3. The second-order valence-electron chi connectivity index (χ2n) is 3.69. The van der Waals surface area contributed by atoms with Crippen LogP contribution >= 0.6 is 0 Å². The Balaban J connectivity index is 2.18. The van der Waals surface area contributed by atoms with E-state index in [1.807, 2.05) is 18.2 Å². The average Bonchev–Trinajstić information content (AvgIpc) is 2.29. The molecule has 1 N–H and O–H groups in total. The number of fused-ring (bicyclic) bond motifs is 1. The molecule has 3 heteroatoms. The number of carbonyl (C=O) groups is 1. The largest absolute Gasteiger partial charge is 0.373 e. The van der Waals surface area contributed by atoms with E-state index in [0.29, 0.717) is 13.0 Å². The molecule has 3 nitrogen and oxygen atoms in total. The van der Waals surface area contributed by atoms with Gasteiger partial charge in [0.25, 0.3) is 0 Å². The van der Waals surface area contributed by atoms with Crippen molar-refractivity contribution in [3.8, 4) is 0 Å². The van der Waals surface area contributed by atoms with E-state index in [4.69, 9.17) is 4.74 Å². The third-order valence-corrected chi connectivity index (χ3v) is 2.74. The minimum Gasteiger partial charge on any atom is -0.373 e. The van der Waals surface area contributed by atoms with Crippen molar-refractivity contribution in [1.29, 1.82) is 0 Å². The number of hydrogen-bond acceptors (Lipinski definition) is 2. The van der Waals surface area contributed by atoms with Crippen LogP contribution in [0.5, 0.6) is 0 Å². The smallest absolute Gasteiger partial charge is 0.222 e. The summed E-state index contributed by atoms with van der Waals surface area (Å²) in [5.74, 6) is 0.0247. The fourth-order valence-electron chi connectivity index (χ4n) is 1.92. The first-order valence-corrected chi connectivity index (χ1v) is 5.21. The molecule has 0 aliphatic carbocycles. The molecule has 1 unspecified atom stereocenters. The molecule has 1 amide bonds. The van der Waals surface area contributed by atoms with Crippen molar-refractivity contribution in [1.82, 2.24) is 5.32 Å². The molecule has 1 aliphatic heterocycles. The van der Waals surface area contributed by atoms with Gasteiger partial charge in [-0.25, -0.2) is 0 Å². The van der Waals surface area contributed by atoms with Crippen LogP contribution in [0.4, 0.5) is 0 Å². The maximum Gasteiger partial charge on any atom is 0.222 e. The van der Waals surface area contributed by atoms with Gasteiger partial charge in [0, 0.05) is 7.05 Å². The van der Waals surface area contributed by atoms with Crippen LogP contribution in [-0.2, 0) is 16.0 Å². The third-order valence-electron chi connectivity index (χ3n) is 2.74. The van der Waals surface area contributed by atoms with E-state index in [0.717, 1.165) is 12.0 Å². The lowest BCUT2D eigenvalue weighted by atomic mass is 9.96. The molecular formula is C12H15NO2. The summed E-state index contributed by atoms with van der Waals surface area (Å²) in [7, 11) is 1.65. The van der Waals surface area contributed by atoms with Gasteiger partial charge >= 0.3 is 0 Å². The van der Waals surface area contributed by atoms with Gasteiger partial charge in [-0.1, -0.05) is 24.3 Å². The minimum absolute atomic E-state index is 0.0247. The van der Waals surface area contributed by atoms with Crippen LogP contribution < -0.4 is 5.32 Å². The molecule has 1 aromatic rings. The maximum atomic E-state index is 11.3. The standard InChI is InChI=1S/C12H15NO2/c1-13-12(14)8-11-10-5-3-2-4-9(10)6-7-15-11/h2-5,11H,6-8H2,1H3,(H,13,14). The molecule has 0 radical (unpaired) electrons. The lowest BCUT2D eigenvalue weighted by Crippen LogP contribution is -2.24. The van der Waals surface area contributed by atoms with E-state index in [1.54, 1.807) is 7.05 Å². The van der Waals surface area contributed by atoms with Crippen LogP contribution in [0.3, 0.4) is 0 Å². The Morgan fingerprint density at radius 3 is 3.13 bits per heavy atom. The Labute approximate surface area is 89.4 Å². The van der Waals surface area contributed by atoms with Crippen molar-refractivity contribution >= 4 is 5.91 Å². The Bertz CT molecular complexity index is 362. The molecule has 1 aromatic carbocycles. The Hall–Kier alpha value is -1.35. The second-order valence-corrected chi connectivity index (χ2v) is 3.69. The molecule has 15 heavy (non-hydrogen) atoms. The first-order valence-electron chi connectivity index (χ1n) is 5.21. The summed E-state index contributed by atoms with van der Waals surface area (Å²) in [5, 5.41) is 2.62. The zero-order valence-corrected chi connectivity index (χ0v) is 8.82. The molecule has 1 atom stereocenters. The highest BCUT2D eigenvalue weighted by molar-refractivity contribution is 5.76. The number of amides is 1. The molecule has 2 rings (SSSR count). The normalized spacial score (nSPS) is 19.4.